The SMILES string of the molecule is O=C(Nc1ccc(Cl)cc1)c1cc2n(n1)[C@@H](C(F)(F)F)C[C@@H](c1ccc(Cl)c(Cl)c1)N2. The minimum absolute atomic E-state index is 0.0749. The normalized spacial score (nSPS) is 18.3. The first kappa shape index (κ1) is 21.8. The summed E-state index contributed by atoms with van der Waals surface area (Å²) in [6.07, 6.45) is -4.89. The van der Waals surface area contributed by atoms with Crippen molar-refractivity contribution in [3.63, 3.8) is 0 Å². The van der Waals surface area contributed by atoms with Crippen molar-refractivity contribution in [3.8, 4) is 0 Å². The molecule has 2 heterocycles. The maximum atomic E-state index is 13.8. The number of anilines is 2. The summed E-state index contributed by atoms with van der Waals surface area (Å²) < 4.78 is 42.2. The number of carbonyl (C=O) groups is 1. The molecule has 0 unspecified atom stereocenters. The standard InChI is InChI=1S/C20H14Cl3F3N4O/c21-11-2-4-12(5-3-11)27-19(31)16-9-18-28-15(10-1-6-13(22)14(23)7-10)8-17(20(24,25)26)30(18)29-16/h1-7,9,15,17,28H,8H2,(H,27,31)/t15-,17+/m0/s1. The molecule has 5 nitrogen and oxygen atoms in total. The molecule has 1 aliphatic heterocycles. The molecule has 0 fully saturated rings. The van der Waals surface area contributed by atoms with Gasteiger partial charge in [0.05, 0.1) is 16.1 Å². The van der Waals surface area contributed by atoms with Crippen LogP contribution in [0.4, 0.5) is 24.7 Å². The van der Waals surface area contributed by atoms with Crippen LogP contribution in [0.15, 0.2) is 48.5 Å². The van der Waals surface area contributed by atoms with Crippen molar-refractivity contribution in [2.24, 2.45) is 0 Å². The van der Waals surface area contributed by atoms with E-state index in [9.17, 15) is 18.0 Å². The van der Waals surface area contributed by atoms with Gasteiger partial charge in [0.25, 0.3) is 5.91 Å². The average Bonchev–Trinajstić information content (AvgIpc) is 3.14. The van der Waals surface area contributed by atoms with Gasteiger partial charge in [-0.05, 0) is 42.0 Å². The van der Waals surface area contributed by atoms with Crippen molar-refractivity contribution in [1.29, 1.82) is 0 Å². The summed E-state index contributed by atoms with van der Waals surface area (Å²) in [6.45, 7) is 0. The summed E-state index contributed by atoms with van der Waals surface area (Å²) in [4.78, 5) is 12.5. The van der Waals surface area contributed by atoms with Gasteiger partial charge in [0.15, 0.2) is 11.7 Å². The molecule has 1 amide bonds. The predicted molar refractivity (Wildman–Crippen MR) is 114 cm³/mol. The van der Waals surface area contributed by atoms with Crippen molar-refractivity contribution in [3.05, 3.63) is 74.9 Å². The Balaban J connectivity index is 1.64. The van der Waals surface area contributed by atoms with Crippen molar-refractivity contribution in [2.75, 3.05) is 10.6 Å². The van der Waals surface area contributed by atoms with Crippen LogP contribution in [-0.2, 0) is 0 Å². The Labute approximate surface area is 190 Å². The zero-order valence-electron chi connectivity index (χ0n) is 15.6. The highest BCUT2D eigenvalue weighted by Gasteiger charge is 2.46. The lowest BCUT2D eigenvalue weighted by molar-refractivity contribution is -0.173. The lowest BCUT2D eigenvalue weighted by Crippen LogP contribution is -2.35. The second-order valence-electron chi connectivity index (χ2n) is 6.98. The van der Waals surface area contributed by atoms with Gasteiger partial charge in [0.2, 0.25) is 0 Å². The van der Waals surface area contributed by atoms with E-state index in [1.54, 1.807) is 30.3 Å². The molecule has 162 valence electrons. The highest BCUT2D eigenvalue weighted by atomic mass is 35.5. The van der Waals surface area contributed by atoms with Crippen LogP contribution in [0.25, 0.3) is 0 Å². The van der Waals surface area contributed by atoms with E-state index in [0.29, 0.717) is 21.3 Å². The molecule has 31 heavy (non-hydrogen) atoms. The third-order valence-electron chi connectivity index (χ3n) is 4.87. The summed E-state index contributed by atoms with van der Waals surface area (Å²) in [6, 6.07) is 9.65. The van der Waals surface area contributed by atoms with Crippen LogP contribution in [-0.4, -0.2) is 21.9 Å². The second-order valence-corrected chi connectivity index (χ2v) is 8.23. The molecule has 2 aromatic carbocycles. The van der Waals surface area contributed by atoms with Gasteiger partial charge in [0, 0.05) is 23.2 Å². The minimum atomic E-state index is -4.57. The first-order valence-electron chi connectivity index (χ1n) is 9.06. The molecule has 1 aromatic heterocycles. The number of fused-ring (bicyclic) bond motifs is 1. The molecular formula is C20H14Cl3F3N4O. The van der Waals surface area contributed by atoms with Crippen molar-refractivity contribution >= 4 is 52.2 Å². The van der Waals surface area contributed by atoms with Crippen LogP contribution in [0.5, 0.6) is 0 Å². The van der Waals surface area contributed by atoms with Crippen LogP contribution in [0, 0.1) is 0 Å². The summed E-state index contributed by atoms with van der Waals surface area (Å²) in [5.74, 6) is -0.566. The van der Waals surface area contributed by atoms with Gasteiger partial charge >= 0.3 is 6.18 Å². The maximum Gasteiger partial charge on any atom is 0.410 e. The molecule has 4 rings (SSSR count). The van der Waals surface area contributed by atoms with Crippen LogP contribution < -0.4 is 10.6 Å². The lowest BCUT2D eigenvalue weighted by atomic mass is 9.97. The molecule has 0 saturated heterocycles. The molecule has 1 aliphatic rings. The van der Waals surface area contributed by atoms with Gasteiger partial charge in [-0.2, -0.15) is 18.3 Å². The average molecular weight is 490 g/mol. The van der Waals surface area contributed by atoms with E-state index in [0.717, 1.165) is 4.68 Å². The third kappa shape index (κ3) is 4.61. The number of hydrogen-bond donors (Lipinski definition) is 2. The number of nitrogens with zero attached hydrogens (tertiary/aromatic N) is 2. The van der Waals surface area contributed by atoms with Crippen LogP contribution in [0.3, 0.4) is 0 Å². The van der Waals surface area contributed by atoms with Crippen LogP contribution in [0.1, 0.15) is 34.6 Å². The van der Waals surface area contributed by atoms with E-state index in [1.165, 1.54) is 18.2 Å². The highest BCUT2D eigenvalue weighted by Crippen LogP contribution is 2.44. The van der Waals surface area contributed by atoms with E-state index in [-0.39, 0.29) is 23.0 Å². The van der Waals surface area contributed by atoms with Gasteiger partial charge in [-0.25, -0.2) is 4.68 Å². The van der Waals surface area contributed by atoms with Crippen molar-refractivity contribution in [2.45, 2.75) is 24.7 Å². The predicted octanol–water partition coefficient (Wildman–Crippen LogP) is 6.76. The molecule has 0 saturated carbocycles. The van der Waals surface area contributed by atoms with Gasteiger partial charge in [0.1, 0.15) is 5.82 Å². The molecule has 0 aliphatic carbocycles. The molecule has 3 aromatic rings. The van der Waals surface area contributed by atoms with Crippen molar-refractivity contribution < 1.29 is 18.0 Å². The lowest BCUT2D eigenvalue weighted by Gasteiger charge is -2.33. The quantitative estimate of drug-likeness (QED) is 0.427. The maximum absolute atomic E-state index is 13.8. The number of carbonyl (C=O) groups excluding carboxylic acids is 1. The Kier molecular flexibility index (Phi) is 5.81. The number of alkyl halides is 3. The number of amides is 1. The molecule has 11 heteroatoms. The highest BCUT2D eigenvalue weighted by molar-refractivity contribution is 6.42. The summed E-state index contributed by atoms with van der Waals surface area (Å²) in [5.41, 5.74) is 0.833. The minimum Gasteiger partial charge on any atom is -0.363 e. The fourth-order valence-corrected chi connectivity index (χ4v) is 3.79. The number of rotatable bonds is 3. The number of aromatic nitrogens is 2. The van der Waals surface area contributed by atoms with Gasteiger partial charge in [-0.1, -0.05) is 40.9 Å². The van der Waals surface area contributed by atoms with Crippen molar-refractivity contribution in [1.82, 2.24) is 9.78 Å². The van der Waals surface area contributed by atoms with E-state index in [4.69, 9.17) is 34.8 Å². The van der Waals surface area contributed by atoms with Gasteiger partial charge in [-0.15, -0.1) is 0 Å². The fraction of sp³-hybridized carbons (Fsp3) is 0.200. The fourth-order valence-electron chi connectivity index (χ4n) is 3.36. The topological polar surface area (TPSA) is 59.0 Å². The Morgan fingerprint density at radius 1 is 1.06 bits per heavy atom. The molecule has 0 radical (unpaired) electrons. The van der Waals surface area contributed by atoms with Gasteiger partial charge < -0.3 is 10.6 Å². The third-order valence-corrected chi connectivity index (χ3v) is 5.86. The smallest absolute Gasteiger partial charge is 0.363 e. The molecule has 0 bridgehead atoms. The molecule has 2 atom stereocenters. The number of halogens is 6. The molecular weight excluding hydrogens is 476 g/mol. The Hall–Kier alpha value is -2.42. The van der Waals surface area contributed by atoms with E-state index in [2.05, 4.69) is 15.7 Å². The Bertz CT molecular complexity index is 1130. The summed E-state index contributed by atoms with van der Waals surface area (Å²) >= 11 is 17.8. The first-order chi connectivity index (χ1) is 14.6. The van der Waals surface area contributed by atoms with Gasteiger partial charge in [-0.3, -0.25) is 4.79 Å². The van der Waals surface area contributed by atoms with E-state index < -0.39 is 24.2 Å². The number of benzene rings is 2. The number of nitrogens with one attached hydrogen (secondary N) is 2. The second kappa shape index (κ2) is 8.26. The zero-order chi connectivity index (χ0) is 22.3. The molecule has 0 spiro atoms. The summed E-state index contributed by atoms with van der Waals surface area (Å²) in [5, 5.41) is 10.6. The van der Waals surface area contributed by atoms with Crippen LogP contribution in [0.2, 0.25) is 15.1 Å². The Morgan fingerprint density at radius 2 is 1.77 bits per heavy atom. The number of hydrogen-bond acceptors (Lipinski definition) is 3. The largest absolute Gasteiger partial charge is 0.410 e. The first-order valence-corrected chi connectivity index (χ1v) is 10.2. The Morgan fingerprint density at radius 3 is 2.42 bits per heavy atom. The zero-order valence-corrected chi connectivity index (χ0v) is 17.8. The monoisotopic (exact) mass is 488 g/mol. The van der Waals surface area contributed by atoms with E-state index >= 15 is 0 Å². The van der Waals surface area contributed by atoms with E-state index in [1.807, 2.05) is 0 Å². The summed E-state index contributed by atoms with van der Waals surface area (Å²) in [7, 11) is 0. The van der Waals surface area contributed by atoms with Crippen LogP contribution >= 0.6 is 34.8 Å². The molecule has 2 N–H and O–H groups in total.